The molecule has 0 spiro atoms. The Morgan fingerprint density at radius 3 is 1.09 bits per heavy atom. The summed E-state index contributed by atoms with van der Waals surface area (Å²) in [5, 5.41) is 71.4. The first-order valence-corrected chi connectivity index (χ1v) is 59.0. The monoisotopic (exact) mass is 2180 g/mol. The van der Waals surface area contributed by atoms with Gasteiger partial charge in [-0.1, -0.05) is 33.2 Å². The topological polar surface area (TPSA) is 569 Å². The molecule has 0 radical (unpaired) electrons. The molecule has 11 N–H and O–H groups in total. The normalized spacial score (nSPS) is 13.2. The molecule has 0 saturated carbocycles. The predicted molar refractivity (Wildman–Crippen MR) is 582 cm³/mol. The van der Waals surface area contributed by atoms with Gasteiger partial charge in [-0.25, -0.2) is 4.98 Å². The van der Waals surface area contributed by atoms with Gasteiger partial charge in [0.05, 0.1) is 112 Å². The maximum absolute atomic E-state index is 12.0. The van der Waals surface area contributed by atoms with Crippen molar-refractivity contribution in [2.24, 2.45) is 35.2 Å². The van der Waals surface area contributed by atoms with E-state index in [0.717, 1.165) is 216 Å². The minimum atomic E-state index is -2.95. The van der Waals surface area contributed by atoms with Crippen molar-refractivity contribution < 1.29 is 63.6 Å². The summed E-state index contributed by atoms with van der Waals surface area (Å²) < 4.78 is 84.4. The number of aromatic amines is 1. The molecule has 0 atom stereocenters. The quantitative estimate of drug-likeness (QED) is 0.0258. The first kappa shape index (κ1) is 118. The average molecular weight is 2190 g/mol. The van der Waals surface area contributed by atoms with Crippen molar-refractivity contribution in [3.8, 4) is 100 Å². The summed E-state index contributed by atoms with van der Waals surface area (Å²) in [6.45, 7) is 51.5. The Balaban J connectivity index is 0.000000178. The Morgan fingerprint density at radius 1 is 0.436 bits per heavy atom. The number of nitro benzene ring substituents is 2. The molecular weight excluding hydrogens is 2060 g/mol. The van der Waals surface area contributed by atoms with Crippen LogP contribution in [0.4, 0.5) is 39.8 Å². The van der Waals surface area contributed by atoms with Crippen LogP contribution in [-0.2, 0) is 74.5 Å². The van der Waals surface area contributed by atoms with Crippen LogP contribution < -0.4 is 33.6 Å². The molecule has 3 aliphatic rings. The first-order valence-electron chi connectivity index (χ1n) is 47.2. The van der Waals surface area contributed by atoms with E-state index in [1.165, 1.54) is 68.8 Å². The number of aryl methyl sites for hydroxylation is 20. The van der Waals surface area contributed by atoms with Crippen molar-refractivity contribution in [2.75, 3.05) is 61.5 Å². The van der Waals surface area contributed by atoms with Gasteiger partial charge in [-0.2, -0.15) is 42.3 Å². The zero-order valence-corrected chi connectivity index (χ0v) is 97.3. The number of aromatic nitrogens is 17. The van der Waals surface area contributed by atoms with Gasteiger partial charge in [-0.3, -0.25) is 48.4 Å². The van der Waals surface area contributed by atoms with Crippen LogP contribution in [0.2, 0.25) is 5.28 Å². The second-order valence-corrected chi connectivity index (χ2v) is 40.7. The number of imidazole rings is 1. The number of hydrogen-bond donors (Lipinski definition) is 7. The number of nitrogen functional groups attached to an aromatic ring is 4. The van der Waals surface area contributed by atoms with Gasteiger partial charge < -0.3 is 75.5 Å². The number of piperazine rings is 1. The van der Waals surface area contributed by atoms with E-state index in [0.29, 0.717) is 67.2 Å². The second kappa shape index (κ2) is 48.6. The third-order valence-corrected chi connectivity index (χ3v) is 28.2. The average Bonchev–Trinajstić information content (AvgIpc) is 1.61. The number of nitrogens with two attached hydrogens (primary N) is 4. The number of benzene rings is 5. The number of likely N-dealkylation sites (N-methyl/N-ethyl adjacent to an activating group) is 1. The summed E-state index contributed by atoms with van der Waals surface area (Å²) in [6.07, 6.45) is 0.0778. The molecule has 5 aromatic carbocycles. The van der Waals surface area contributed by atoms with Crippen LogP contribution in [0.5, 0.6) is 0 Å². The van der Waals surface area contributed by atoms with Gasteiger partial charge in [0.25, 0.3) is 11.4 Å². The molecule has 11 aromatic heterocycles. The molecular formula is C101H126BrClN26Na2O16S2. The van der Waals surface area contributed by atoms with Crippen molar-refractivity contribution in [1.29, 1.82) is 0 Å². The second-order valence-electron chi connectivity index (χ2n) is 37.0. The standard InChI is InChI=1S/C19H20N4O2.C18H18ClN5O.C17H19N5O3.C17H21N5O.C13H22N2O2.C11H10BrN3O3.C5H12N2.CH4.2Na.O4S2/c1-9-18(11(3)23(5)21-9)15-6-13(19-10(2)22-25-12(19)4)7-16-14(15)8-17(24)20-16;1-8-15(10(3)24(5)22-8)13-6-12(16-9(2)23-25-11(16)4)7-14-17(13)21-18(19)20-14;1-8-15(10(3)21(5)19-8)13-6-12(7-14(17(13)18)22(23)24)16-9(2)20-25-11(16)4;1-8-15(10(3)22(5)20-8)13-6-12(7-14(18)17(13)19)16-9(2)21-23-11(16)4;1-8-10(9(2)15(7)14-8)11-16-12(3,4)13(5,6)17-11;1-5-10(6(2)18-14-5)7-3-8(12)11(13)9(4-7)15(16)17;1-7-4-2-6-3-5-7;;;;1-5(2)6(3)4/h6-7H,8H2,1-5H3,(H,20,24);6-7H,1-5H3,(H,20,21);6-7H,18H2,1-5H3;6-7H,18-19H2,1-5H3;11H,1-7H3;3-4H,13H2,1-2H3;6H,2-5H2,1H3;1H4;;;. The zero-order chi connectivity index (χ0) is 110. The molecule has 3 aliphatic heterocycles. The van der Waals surface area contributed by atoms with E-state index in [2.05, 4.69) is 153 Å². The molecule has 149 heavy (non-hydrogen) atoms. The van der Waals surface area contributed by atoms with E-state index in [-0.39, 0.29) is 53.6 Å². The van der Waals surface area contributed by atoms with Gasteiger partial charge in [0.1, 0.15) is 40.2 Å². The van der Waals surface area contributed by atoms with Gasteiger partial charge in [0.15, 0.2) is 6.29 Å². The fourth-order valence-corrected chi connectivity index (χ4v) is 18.8. The van der Waals surface area contributed by atoms with Crippen LogP contribution in [0.25, 0.3) is 111 Å². The molecule has 0 bridgehead atoms. The summed E-state index contributed by atoms with van der Waals surface area (Å²) in [6, 6.07) is 18.6. The van der Waals surface area contributed by atoms with Crippen molar-refractivity contribution in [3.63, 3.8) is 0 Å². The number of carbonyl (C=O) groups excluding carboxylic acids is 1. The van der Waals surface area contributed by atoms with E-state index in [9.17, 15) is 25.0 Å². The number of carbonyl (C=O) groups is 1. The fraction of sp³-hybridized carbons (Fsp3) is 0.386. The molecule has 14 heterocycles. The predicted octanol–water partition coefficient (Wildman–Crippen LogP) is 18.5. The third-order valence-electron chi connectivity index (χ3n) is 26.5. The van der Waals surface area contributed by atoms with Crippen molar-refractivity contribution in [1.82, 2.24) is 94.9 Å². The Bertz CT molecular complexity index is 7900. The SMILES string of the molecule is C.CN1CCNCC1.Cc1nn(C)c(C)c1C1OC(C)(C)C(C)(C)O1.Cc1noc(C)c1-c1cc(-c2c(C)nn(C)c2C)c(N)c([N+](=O)[O-])c1.Cc1noc(C)c1-c1cc(-c2c(C)nn(C)c2C)c2nc(Cl)[nH]c2c1.Cc1noc(C)c1-c1cc(Br)c(N)c([N+](=O)[O-])c1.Cc1noc(C)c1-c1cc(N)c(N)c(-c2c(C)nn(C)c2C)c1.Cc1noc(C)c1-c1cc2c(c(-c3c(C)nn(C)c3C)c1)CC(=O)N2.O=S(=O)=S(=O)=O.[Na][Na]. The van der Waals surface area contributed by atoms with Gasteiger partial charge in [0.2, 0.25) is 11.2 Å². The Morgan fingerprint density at radius 2 is 0.758 bits per heavy atom. The number of fused-ring (bicyclic) bond motifs is 2. The van der Waals surface area contributed by atoms with E-state index in [1.807, 2.05) is 181 Å². The number of anilines is 5. The number of nitrogens with one attached hydrogen (secondary N) is 3. The molecule has 2 fully saturated rings. The summed E-state index contributed by atoms with van der Waals surface area (Å²) in [7, 11) is 5.82. The number of ether oxygens (including phenoxy) is 2. The molecule has 1 amide bonds. The summed E-state index contributed by atoms with van der Waals surface area (Å²) in [5.74, 6) is 3.55. The molecule has 16 aromatic rings. The summed E-state index contributed by atoms with van der Waals surface area (Å²) in [4.78, 5) is 43.5. The Labute approximate surface area is 907 Å². The van der Waals surface area contributed by atoms with Gasteiger partial charge >= 0.3 is 62.1 Å². The minimum absolute atomic E-state index is 0. The number of H-pyrrole nitrogens is 1. The van der Waals surface area contributed by atoms with Crippen molar-refractivity contribution >= 4 is 146 Å². The van der Waals surface area contributed by atoms with E-state index >= 15 is 0 Å². The summed E-state index contributed by atoms with van der Waals surface area (Å²) >= 11 is 12.3. The first-order chi connectivity index (χ1) is 69.4. The van der Waals surface area contributed by atoms with Crippen LogP contribution in [0.3, 0.4) is 0 Å². The van der Waals surface area contributed by atoms with Gasteiger partial charge in [-0.15, -0.1) is 0 Å². The van der Waals surface area contributed by atoms with Gasteiger partial charge in [-0.05, 0) is 288 Å². The molecule has 2 saturated heterocycles. The van der Waals surface area contributed by atoms with E-state index < -0.39 is 28.4 Å². The summed E-state index contributed by atoms with van der Waals surface area (Å²) in [5.41, 5.74) is 59.2. The maximum atomic E-state index is 12.0. The van der Waals surface area contributed by atoms with Crippen molar-refractivity contribution in [2.45, 2.75) is 198 Å². The van der Waals surface area contributed by atoms with Crippen LogP contribution >= 0.6 is 27.5 Å². The molecule has 0 aliphatic carbocycles. The van der Waals surface area contributed by atoms with Crippen LogP contribution in [0.1, 0.15) is 167 Å². The Kier molecular flexibility index (Phi) is 38.5. The Hall–Kier alpha value is -12.6. The third kappa shape index (κ3) is 25.5. The number of nitro groups is 2. The fourth-order valence-electron chi connectivity index (χ4n) is 18.2. The van der Waals surface area contributed by atoms with Crippen LogP contribution in [0, 0.1) is 159 Å². The van der Waals surface area contributed by atoms with Crippen molar-refractivity contribution in [3.05, 3.63) is 216 Å². The number of rotatable bonds is 12. The zero-order valence-electron chi connectivity index (χ0n) is 89.3. The molecule has 48 heteroatoms. The molecule has 19 rings (SSSR count). The molecule has 42 nitrogen and oxygen atoms in total. The van der Waals surface area contributed by atoms with E-state index in [4.69, 9.17) is 83.5 Å². The number of hydrogen-bond acceptors (Lipinski definition) is 33. The molecule has 0 unspecified atom stereocenters. The number of nitrogens with zero attached hydrogens (tertiary/aromatic N) is 19. The van der Waals surface area contributed by atoms with Crippen LogP contribution in [-0.4, -0.2) is 210 Å². The number of halogens is 2. The van der Waals surface area contributed by atoms with Gasteiger partial charge in [0, 0.05) is 179 Å². The number of amides is 1. The van der Waals surface area contributed by atoms with E-state index in [1.54, 1.807) is 38.4 Å². The molecule has 784 valence electrons. The van der Waals surface area contributed by atoms with Crippen LogP contribution in [0.15, 0.2) is 87.8 Å².